The molecule has 7 atom stereocenters. The Morgan fingerprint density at radius 3 is 2.42 bits per heavy atom. The fourth-order valence-electron chi connectivity index (χ4n) is 3.96. The zero-order valence-corrected chi connectivity index (χ0v) is 12.3. The van der Waals surface area contributed by atoms with E-state index in [0.29, 0.717) is 6.42 Å². The van der Waals surface area contributed by atoms with Crippen LogP contribution in [0.25, 0.3) is 0 Å². The number of ether oxygens (including phenoxy) is 2. The van der Waals surface area contributed by atoms with Gasteiger partial charge in [-0.2, -0.15) is 0 Å². The summed E-state index contributed by atoms with van der Waals surface area (Å²) in [6.45, 7) is 8.23. The maximum absolute atomic E-state index is 10.6. The highest BCUT2D eigenvalue weighted by molar-refractivity contribution is 5.11. The molecule has 3 fully saturated rings. The van der Waals surface area contributed by atoms with E-state index >= 15 is 0 Å². The second-order valence-corrected chi connectivity index (χ2v) is 7.39. The summed E-state index contributed by atoms with van der Waals surface area (Å²) in [5.74, 6) is 0.0743. The van der Waals surface area contributed by atoms with Crippen molar-refractivity contribution in [3.05, 3.63) is 0 Å². The summed E-state index contributed by atoms with van der Waals surface area (Å²) < 4.78 is 11.5. The second-order valence-electron chi connectivity index (χ2n) is 7.39. The van der Waals surface area contributed by atoms with Gasteiger partial charge in [-0.05, 0) is 32.6 Å². The summed E-state index contributed by atoms with van der Waals surface area (Å²) in [5.41, 5.74) is -0.430. The SMILES string of the molecule is CC(C)[C@@H]1[C@@H](O)[C@H]2O[C@]2(C)CC[C@H]2O[C@@]2(C)C[C@H]1O. The third kappa shape index (κ3) is 2.23. The van der Waals surface area contributed by atoms with Gasteiger partial charge in [0.1, 0.15) is 6.10 Å². The molecule has 3 aliphatic rings. The van der Waals surface area contributed by atoms with E-state index in [4.69, 9.17) is 9.47 Å². The number of rotatable bonds is 1. The molecule has 0 radical (unpaired) electrons. The highest BCUT2D eigenvalue weighted by Crippen LogP contribution is 2.52. The molecule has 2 heterocycles. The first-order chi connectivity index (χ1) is 8.77. The van der Waals surface area contributed by atoms with Crippen molar-refractivity contribution in [2.75, 3.05) is 0 Å². The average molecular weight is 270 g/mol. The second kappa shape index (κ2) is 4.17. The lowest BCUT2D eigenvalue weighted by atomic mass is 9.76. The molecule has 0 bridgehead atoms. The molecular weight excluding hydrogens is 244 g/mol. The molecule has 4 nitrogen and oxygen atoms in total. The molecule has 0 amide bonds. The molecule has 0 aromatic heterocycles. The van der Waals surface area contributed by atoms with Crippen LogP contribution in [0.15, 0.2) is 0 Å². The summed E-state index contributed by atoms with van der Waals surface area (Å²) in [5, 5.41) is 21.1. The van der Waals surface area contributed by atoms with Gasteiger partial charge in [-0.25, -0.2) is 0 Å². The van der Waals surface area contributed by atoms with Crippen LogP contribution in [0, 0.1) is 11.8 Å². The van der Waals surface area contributed by atoms with E-state index in [1.54, 1.807) is 0 Å². The highest BCUT2D eigenvalue weighted by atomic mass is 16.6. The number of aliphatic hydroxyl groups is 2. The van der Waals surface area contributed by atoms with E-state index in [1.807, 2.05) is 0 Å². The van der Waals surface area contributed by atoms with Crippen molar-refractivity contribution in [1.82, 2.24) is 0 Å². The van der Waals surface area contributed by atoms with Crippen LogP contribution in [-0.4, -0.2) is 45.8 Å². The zero-order valence-electron chi connectivity index (χ0n) is 12.3. The lowest BCUT2D eigenvalue weighted by molar-refractivity contribution is -0.0347. The minimum absolute atomic E-state index is 0.127. The van der Waals surface area contributed by atoms with Crippen LogP contribution < -0.4 is 0 Å². The predicted octanol–water partition coefficient (Wildman–Crippen LogP) is 1.48. The Morgan fingerprint density at radius 1 is 1.11 bits per heavy atom. The minimum atomic E-state index is -0.584. The number of hydrogen-bond acceptors (Lipinski definition) is 4. The Kier molecular flexibility index (Phi) is 3.03. The number of hydrogen-bond donors (Lipinski definition) is 2. The van der Waals surface area contributed by atoms with Crippen molar-refractivity contribution >= 4 is 0 Å². The number of epoxide rings is 2. The summed E-state index contributed by atoms with van der Waals surface area (Å²) >= 11 is 0. The predicted molar refractivity (Wildman–Crippen MR) is 70.7 cm³/mol. The van der Waals surface area contributed by atoms with Gasteiger partial charge in [0.05, 0.1) is 29.5 Å². The van der Waals surface area contributed by atoms with Gasteiger partial charge in [0.2, 0.25) is 0 Å². The molecule has 1 aliphatic carbocycles. The van der Waals surface area contributed by atoms with Crippen molar-refractivity contribution in [2.45, 2.75) is 82.6 Å². The molecule has 19 heavy (non-hydrogen) atoms. The molecule has 0 unspecified atom stereocenters. The monoisotopic (exact) mass is 270 g/mol. The Hall–Kier alpha value is -0.160. The maximum Gasteiger partial charge on any atom is 0.113 e. The van der Waals surface area contributed by atoms with E-state index < -0.39 is 12.2 Å². The van der Waals surface area contributed by atoms with Gasteiger partial charge in [-0.1, -0.05) is 13.8 Å². The summed E-state index contributed by atoms with van der Waals surface area (Å²) in [7, 11) is 0. The van der Waals surface area contributed by atoms with Crippen LogP contribution in [0.4, 0.5) is 0 Å². The summed E-state index contributed by atoms with van der Waals surface area (Å²) in [6.07, 6.45) is 1.49. The van der Waals surface area contributed by atoms with Crippen molar-refractivity contribution in [2.24, 2.45) is 11.8 Å². The Labute approximate surface area is 115 Å². The molecule has 4 heteroatoms. The van der Waals surface area contributed by atoms with Gasteiger partial charge in [0.25, 0.3) is 0 Å². The first-order valence-electron chi connectivity index (χ1n) is 7.49. The summed E-state index contributed by atoms with van der Waals surface area (Å²) in [4.78, 5) is 0. The van der Waals surface area contributed by atoms with Gasteiger partial charge in [-0.3, -0.25) is 0 Å². The number of aliphatic hydroxyl groups excluding tert-OH is 2. The third-order valence-corrected chi connectivity index (χ3v) is 5.41. The van der Waals surface area contributed by atoms with Crippen molar-refractivity contribution in [3.8, 4) is 0 Å². The molecule has 0 aromatic carbocycles. The zero-order chi connectivity index (χ0) is 14.0. The molecule has 1 saturated carbocycles. The van der Waals surface area contributed by atoms with Gasteiger partial charge >= 0.3 is 0 Å². The molecule has 3 rings (SSSR count). The van der Waals surface area contributed by atoms with Crippen molar-refractivity contribution in [3.63, 3.8) is 0 Å². The number of fused-ring (bicyclic) bond motifs is 2. The Morgan fingerprint density at radius 2 is 1.79 bits per heavy atom. The van der Waals surface area contributed by atoms with E-state index in [2.05, 4.69) is 27.7 Å². The van der Waals surface area contributed by atoms with Crippen LogP contribution in [0.2, 0.25) is 0 Å². The van der Waals surface area contributed by atoms with E-state index in [1.165, 1.54) is 0 Å². The first-order valence-corrected chi connectivity index (χ1v) is 7.49. The fraction of sp³-hybridized carbons (Fsp3) is 1.00. The van der Waals surface area contributed by atoms with Gasteiger partial charge < -0.3 is 19.7 Å². The van der Waals surface area contributed by atoms with Crippen LogP contribution in [-0.2, 0) is 9.47 Å². The molecule has 2 N–H and O–H groups in total. The van der Waals surface area contributed by atoms with Crippen molar-refractivity contribution in [1.29, 1.82) is 0 Å². The molecule has 0 aromatic rings. The normalized spacial score (nSPS) is 57.3. The van der Waals surface area contributed by atoms with E-state index in [9.17, 15) is 10.2 Å². The lowest BCUT2D eigenvalue weighted by Crippen LogP contribution is -2.43. The third-order valence-electron chi connectivity index (χ3n) is 5.41. The molecule has 2 aliphatic heterocycles. The average Bonchev–Trinajstić information content (AvgIpc) is 3.12. The van der Waals surface area contributed by atoms with Crippen LogP contribution in [0.5, 0.6) is 0 Å². The minimum Gasteiger partial charge on any atom is -0.393 e. The van der Waals surface area contributed by atoms with Gasteiger partial charge in [0, 0.05) is 12.3 Å². The smallest absolute Gasteiger partial charge is 0.113 e. The Bertz CT molecular complexity index is 371. The van der Waals surface area contributed by atoms with Gasteiger partial charge in [-0.15, -0.1) is 0 Å². The molecule has 110 valence electrons. The Balaban J connectivity index is 1.83. The fourth-order valence-corrected chi connectivity index (χ4v) is 3.96. The van der Waals surface area contributed by atoms with E-state index in [-0.39, 0.29) is 35.2 Å². The molecule has 2 saturated heterocycles. The molecular formula is C15H26O4. The first kappa shape index (κ1) is 13.8. The summed E-state index contributed by atoms with van der Waals surface area (Å²) in [6, 6.07) is 0. The highest BCUT2D eigenvalue weighted by Gasteiger charge is 2.62. The van der Waals surface area contributed by atoms with Crippen LogP contribution in [0.3, 0.4) is 0 Å². The maximum atomic E-state index is 10.6. The topological polar surface area (TPSA) is 65.5 Å². The van der Waals surface area contributed by atoms with Crippen LogP contribution in [0.1, 0.15) is 47.0 Å². The largest absolute Gasteiger partial charge is 0.393 e. The van der Waals surface area contributed by atoms with E-state index in [0.717, 1.165) is 12.8 Å². The quantitative estimate of drug-likeness (QED) is 0.708. The lowest BCUT2D eigenvalue weighted by Gasteiger charge is -2.32. The van der Waals surface area contributed by atoms with Crippen LogP contribution >= 0.6 is 0 Å². The van der Waals surface area contributed by atoms with Gasteiger partial charge in [0.15, 0.2) is 0 Å². The molecule has 0 spiro atoms. The van der Waals surface area contributed by atoms with Crippen molar-refractivity contribution < 1.29 is 19.7 Å². The standard InChI is InChI=1S/C15H26O4/c1-8(2)11-9(16)7-15(4)10(18-15)5-6-14(3)13(19-14)12(11)17/h8-13,16-17H,5-7H2,1-4H3/t9-,10-,11+,12-,13-,14-,15+/m1/s1.